The highest BCUT2D eigenvalue weighted by molar-refractivity contribution is 5.11. The smallest absolute Gasteiger partial charge is 0.233 e. The summed E-state index contributed by atoms with van der Waals surface area (Å²) in [6, 6.07) is 0. The number of piperidine rings is 1. The maximum Gasteiger partial charge on any atom is 0.233 e. The number of nitrogens with zero attached hydrogens (tertiary/aromatic N) is 5. The lowest BCUT2D eigenvalue weighted by Crippen LogP contribution is -2.44. The van der Waals surface area contributed by atoms with E-state index in [-0.39, 0.29) is 5.41 Å². The van der Waals surface area contributed by atoms with Crippen molar-refractivity contribution in [2.45, 2.75) is 82.1 Å². The lowest BCUT2D eigenvalue weighted by molar-refractivity contribution is 0.121. The van der Waals surface area contributed by atoms with E-state index in [1.165, 1.54) is 38.5 Å². The van der Waals surface area contributed by atoms with Gasteiger partial charge in [0.2, 0.25) is 11.8 Å². The molecule has 7 nitrogen and oxygen atoms in total. The fourth-order valence-electron chi connectivity index (χ4n) is 4.51. The largest absolute Gasteiger partial charge is 0.339 e. The van der Waals surface area contributed by atoms with E-state index in [1.807, 2.05) is 0 Å². The Bertz CT molecular complexity index is 762. The summed E-state index contributed by atoms with van der Waals surface area (Å²) >= 11 is 0. The third-order valence-corrected chi connectivity index (χ3v) is 6.23. The van der Waals surface area contributed by atoms with Crippen molar-refractivity contribution in [3.8, 4) is 0 Å². The van der Waals surface area contributed by atoms with E-state index in [9.17, 15) is 0 Å². The van der Waals surface area contributed by atoms with Crippen LogP contribution in [0.3, 0.4) is 0 Å². The number of rotatable bonds is 5. The molecule has 2 saturated carbocycles. The summed E-state index contributed by atoms with van der Waals surface area (Å²) in [4.78, 5) is 11.8. The minimum atomic E-state index is -0.0869. The molecule has 5 rings (SSSR count). The van der Waals surface area contributed by atoms with E-state index in [0.717, 1.165) is 55.9 Å². The fourth-order valence-corrected chi connectivity index (χ4v) is 4.51. The van der Waals surface area contributed by atoms with Gasteiger partial charge in [-0.3, -0.25) is 4.90 Å². The Morgan fingerprint density at radius 1 is 1.00 bits per heavy atom. The van der Waals surface area contributed by atoms with Gasteiger partial charge in [0.1, 0.15) is 0 Å². The zero-order valence-corrected chi connectivity index (χ0v) is 15.5. The third-order valence-electron chi connectivity index (χ3n) is 6.23. The van der Waals surface area contributed by atoms with Crippen LogP contribution < -0.4 is 0 Å². The van der Waals surface area contributed by atoms with Gasteiger partial charge in [-0.15, -0.1) is 0 Å². The van der Waals surface area contributed by atoms with Crippen LogP contribution in [-0.2, 0) is 12.0 Å². The minimum absolute atomic E-state index is 0.0869. The molecule has 140 valence electrons. The van der Waals surface area contributed by atoms with E-state index < -0.39 is 0 Å². The summed E-state index contributed by atoms with van der Waals surface area (Å²) in [5.74, 6) is 4.34. The average molecular weight is 357 g/mol. The van der Waals surface area contributed by atoms with Crippen LogP contribution in [0.4, 0.5) is 0 Å². The van der Waals surface area contributed by atoms with Gasteiger partial charge in [0.25, 0.3) is 0 Å². The van der Waals surface area contributed by atoms with Crippen LogP contribution in [0.15, 0.2) is 9.05 Å². The molecule has 0 N–H and O–H groups in total. The highest BCUT2D eigenvalue weighted by atomic mass is 16.5. The first kappa shape index (κ1) is 16.4. The fraction of sp³-hybridized carbons (Fsp3) is 0.789. The summed E-state index contributed by atoms with van der Waals surface area (Å²) in [7, 11) is 0. The van der Waals surface area contributed by atoms with Crippen molar-refractivity contribution in [3.05, 3.63) is 23.4 Å². The number of hydrogen-bond donors (Lipinski definition) is 0. The van der Waals surface area contributed by atoms with E-state index in [4.69, 9.17) is 14.0 Å². The van der Waals surface area contributed by atoms with Crippen LogP contribution in [0.2, 0.25) is 0 Å². The number of likely N-dealkylation sites (tertiary alicyclic amines) is 1. The molecule has 0 bridgehead atoms. The lowest BCUT2D eigenvalue weighted by Gasteiger charge is -2.37. The minimum Gasteiger partial charge on any atom is -0.339 e. The zero-order valence-electron chi connectivity index (χ0n) is 15.5. The first-order chi connectivity index (χ1) is 12.7. The van der Waals surface area contributed by atoms with Gasteiger partial charge in [-0.1, -0.05) is 23.2 Å². The molecule has 0 aromatic carbocycles. The van der Waals surface area contributed by atoms with Crippen molar-refractivity contribution < 1.29 is 9.05 Å². The molecule has 1 saturated heterocycles. The lowest BCUT2D eigenvalue weighted by atomic mass is 9.81. The quantitative estimate of drug-likeness (QED) is 0.809. The summed E-state index contributed by atoms with van der Waals surface area (Å²) in [5.41, 5.74) is -0.0869. The van der Waals surface area contributed by atoms with Crippen molar-refractivity contribution in [2.24, 2.45) is 0 Å². The Morgan fingerprint density at radius 2 is 1.85 bits per heavy atom. The normalized spacial score (nSPS) is 28.0. The van der Waals surface area contributed by atoms with E-state index in [0.29, 0.717) is 11.8 Å². The molecule has 0 spiro atoms. The topological polar surface area (TPSA) is 81.1 Å². The van der Waals surface area contributed by atoms with Crippen LogP contribution in [-0.4, -0.2) is 38.3 Å². The molecular weight excluding hydrogens is 330 g/mol. The van der Waals surface area contributed by atoms with Gasteiger partial charge in [-0.05, 0) is 52.0 Å². The molecule has 1 aliphatic heterocycles. The zero-order chi connectivity index (χ0) is 17.6. The number of hydrogen-bond acceptors (Lipinski definition) is 7. The van der Waals surface area contributed by atoms with Gasteiger partial charge in [0.05, 0.1) is 12.0 Å². The van der Waals surface area contributed by atoms with Crippen LogP contribution >= 0.6 is 0 Å². The maximum atomic E-state index is 5.64. The van der Waals surface area contributed by atoms with Crippen LogP contribution in [0.5, 0.6) is 0 Å². The van der Waals surface area contributed by atoms with Crippen LogP contribution in [0.1, 0.15) is 93.6 Å². The third kappa shape index (κ3) is 3.17. The number of aromatic nitrogens is 4. The van der Waals surface area contributed by atoms with Crippen molar-refractivity contribution >= 4 is 0 Å². The van der Waals surface area contributed by atoms with Crippen molar-refractivity contribution in [1.82, 2.24) is 25.2 Å². The Morgan fingerprint density at radius 3 is 2.65 bits per heavy atom. The summed E-state index contributed by atoms with van der Waals surface area (Å²) < 4.78 is 11.2. The first-order valence-electron chi connectivity index (χ1n) is 10.1. The predicted octanol–water partition coefficient (Wildman–Crippen LogP) is 3.54. The van der Waals surface area contributed by atoms with E-state index in [2.05, 4.69) is 27.1 Å². The van der Waals surface area contributed by atoms with Crippen molar-refractivity contribution in [2.75, 3.05) is 13.1 Å². The Kier molecular flexibility index (Phi) is 4.07. The van der Waals surface area contributed by atoms with Crippen LogP contribution in [0.25, 0.3) is 0 Å². The van der Waals surface area contributed by atoms with Gasteiger partial charge >= 0.3 is 0 Å². The van der Waals surface area contributed by atoms with Crippen molar-refractivity contribution in [1.29, 1.82) is 0 Å². The highest BCUT2D eigenvalue weighted by Crippen LogP contribution is 2.40. The van der Waals surface area contributed by atoms with Gasteiger partial charge in [0.15, 0.2) is 11.6 Å². The second-order valence-electron chi connectivity index (χ2n) is 8.64. The second-order valence-corrected chi connectivity index (χ2v) is 8.64. The monoisotopic (exact) mass is 357 g/mol. The standard InChI is InChI=1S/C19H27N5O2/c1-19(18-21-16(23-26-18)13-7-8-13)9-4-10-24(12-19)11-15-20-17(25-22-15)14-5-2-3-6-14/h13-14H,2-12H2,1H3. The SMILES string of the molecule is CC1(c2nc(C3CC3)no2)CCCN(Cc2noc(C3CCCC3)n2)C1. The average Bonchev–Trinajstić information content (AvgIpc) is 3.09. The van der Waals surface area contributed by atoms with Crippen molar-refractivity contribution in [3.63, 3.8) is 0 Å². The Hall–Kier alpha value is -1.76. The van der Waals surface area contributed by atoms with Crippen LogP contribution in [0, 0.1) is 0 Å². The molecule has 0 radical (unpaired) electrons. The molecule has 2 aliphatic carbocycles. The molecule has 2 aromatic rings. The summed E-state index contributed by atoms with van der Waals surface area (Å²) in [6.07, 6.45) is 9.51. The second kappa shape index (κ2) is 6.44. The Labute approximate surface area is 153 Å². The molecule has 3 fully saturated rings. The first-order valence-corrected chi connectivity index (χ1v) is 10.1. The molecule has 7 heteroatoms. The van der Waals surface area contributed by atoms with Gasteiger partial charge in [-0.2, -0.15) is 9.97 Å². The molecule has 3 heterocycles. The van der Waals surface area contributed by atoms with E-state index >= 15 is 0 Å². The van der Waals surface area contributed by atoms with Gasteiger partial charge < -0.3 is 9.05 Å². The Balaban J connectivity index is 1.26. The molecule has 1 atom stereocenters. The van der Waals surface area contributed by atoms with Gasteiger partial charge in [-0.25, -0.2) is 0 Å². The molecule has 26 heavy (non-hydrogen) atoms. The molecule has 3 aliphatic rings. The highest BCUT2D eigenvalue weighted by Gasteiger charge is 2.39. The molecule has 2 aromatic heterocycles. The molecular formula is C19H27N5O2. The van der Waals surface area contributed by atoms with E-state index in [1.54, 1.807) is 0 Å². The van der Waals surface area contributed by atoms with Gasteiger partial charge in [0, 0.05) is 18.4 Å². The maximum absolute atomic E-state index is 5.64. The summed E-state index contributed by atoms with van der Waals surface area (Å²) in [6.45, 7) is 4.91. The summed E-state index contributed by atoms with van der Waals surface area (Å²) in [5, 5.41) is 8.44. The molecule has 0 amide bonds. The molecule has 1 unspecified atom stereocenters. The predicted molar refractivity (Wildman–Crippen MR) is 93.6 cm³/mol.